The third kappa shape index (κ3) is 10.3. The van der Waals surface area contributed by atoms with Gasteiger partial charge in [-0.15, -0.1) is 0 Å². The van der Waals surface area contributed by atoms with E-state index in [1.165, 1.54) is 19.4 Å². The van der Waals surface area contributed by atoms with Crippen molar-refractivity contribution in [3.63, 3.8) is 0 Å². The summed E-state index contributed by atoms with van der Waals surface area (Å²) in [7, 11) is 0. The number of carboxylic acid groups (broad SMARTS) is 1. The van der Waals surface area contributed by atoms with E-state index in [0.29, 0.717) is 31.6 Å². The number of carbonyl (C=O) groups is 1. The Bertz CT molecular complexity index is 2290. The lowest BCUT2D eigenvalue weighted by atomic mass is 9.34. The van der Waals surface area contributed by atoms with E-state index in [0.717, 1.165) is 44.1 Å². The monoisotopic (exact) mass is 1160 g/mol. The topological polar surface area (TPSA) is 372 Å². The highest BCUT2D eigenvalue weighted by Crippen LogP contribution is 2.75. The zero-order valence-corrected chi connectivity index (χ0v) is 47.4. The lowest BCUT2D eigenvalue weighted by Crippen LogP contribution is -2.68. The quantitative estimate of drug-likeness (QED) is 0.0842. The van der Waals surface area contributed by atoms with Crippen molar-refractivity contribution >= 4 is 5.97 Å². The largest absolute Gasteiger partial charge is 0.481 e. The third-order valence-corrected chi connectivity index (χ3v) is 22.1. The van der Waals surface area contributed by atoms with E-state index in [2.05, 4.69) is 47.3 Å². The molecule has 5 aliphatic heterocycles. The Hall–Kier alpha value is -1.93. The first-order valence-electron chi connectivity index (χ1n) is 29.2. The molecule has 0 aromatic carbocycles. The molecule has 0 amide bonds. The molecule has 81 heavy (non-hydrogen) atoms. The van der Waals surface area contributed by atoms with Gasteiger partial charge in [0.2, 0.25) is 0 Å². The molecule has 0 spiro atoms. The van der Waals surface area contributed by atoms with Gasteiger partial charge in [0.05, 0.1) is 43.5 Å². The smallest absolute Gasteiger partial charge is 0.310 e. The van der Waals surface area contributed by atoms with Gasteiger partial charge in [-0.3, -0.25) is 4.79 Å². The number of rotatable bonds is 12. The fourth-order valence-corrected chi connectivity index (χ4v) is 17.1. The van der Waals surface area contributed by atoms with Gasteiger partial charge >= 0.3 is 5.97 Å². The lowest BCUT2D eigenvalue weighted by Gasteiger charge is -2.71. The number of aliphatic carboxylic acids is 1. The molecular formula is C57H90O24. The van der Waals surface area contributed by atoms with Crippen molar-refractivity contribution in [2.24, 2.45) is 44.8 Å². The first-order valence-corrected chi connectivity index (χ1v) is 29.2. The molecule has 24 heteroatoms. The maximum Gasteiger partial charge on any atom is 0.310 e. The fraction of sp³-hybridized carbons (Fsp3) is 0.912. The SMILES string of the molecule is C=C1CCC2(C(=O)O)CCC3(C)C(=CCC4C5(C)CCC(OC6OCC(O)C(OC7OC(CO)C(OC8OC(C)C(OC9OCC(O)C(O)C9O)C(O)C8O)C(O)C7OC7OC(C)C(O)C(O)C7O)C6O)C(C)(C)C5CCC43C)C2C1. The molecule has 5 saturated heterocycles. The van der Waals surface area contributed by atoms with Crippen LogP contribution in [0.3, 0.4) is 0 Å². The Labute approximate surface area is 471 Å². The molecule has 10 aliphatic rings. The summed E-state index contributed by atoms with van der Waals surface area (Å²) in [5.74, 6) is -0.296. The minimum Gasteiger partial charge on any atom is -0.481 e. The predicted octanol–water partition coefficient (Wildman–Crippen LogP) is -0.782. The molecule has 5 aliphatic carbocycles. The van der Waals surface area contributed by atoms with Crippen LogP contribution >= 0.6 is 0 Å². The highest BCUT2D eigenvalue weighted by molar-refractivity contribution is 5.77. The van der Waals surface area contributed by atoms with Gasteiger partial charge in [-0.05, 0) is 112 Å². The summed E-state index contributed by atoms with van der Waals surface area (Å²) in [5, 5.41) is 143. The van der Waals surface area contributed by atoms with Crippen molar-refractivity contribution < 1.29 is 119 Å². The number of allylic oxidation sites excluding steroid dienone is 3. The highest BCUT2D eigenvalue weighted by Gasteiger charge is 2.69. The zero-order chi connectivity index (χ0) is 58.8. The molecule has 4 saturated carbocycles. The van der Waals surface area contributed by atoms with Crippen LogP contribution in [-0.4, -0.2) is 240 Å². The van der Waals surface area contributed by atoms with Crippen LogP contribution < -0.4 is 0 Å². The number of aliphatic hydroxyl groups is 12. The van der Waals surface area contributed by atoms with Gasteiger partial charge < -0.3 is 114 Å². The zero-order valence-electron chi connectivity index (χ0n) is 47.4. The Morgan fingerprint density at radius 1 is 0.593 bits per heavy atom. The summed E-state index contributed by atoms with van der Waals surface area (Å²) in [4.78, 5) is 13.1. The van der Waals surface area contributed by atoms with E-state index in [1.807, 2.05) is 0 Å². The summed E-state index contributed by atoms with van der Waals surface area (Å²) < 4.78 is 60.3. The van der Waals surface area contributed by atoms with Crippen molar-refractivity contribution in [3.05, 3.63) is 23.8 Å². The number of hydrogen-bond donors (Lipinski definition) is 13. The second kappa shape index (κ2) is 23.0. The molecule has 0 aromatic heterocycles. The molecule has 0 aromatic rings. The number of carboxylic acids is 1. The molecule has 5 heterocycles. The van der Waals surface area contributed by atoms with Crippen LogP contribution in [0.2, 0.25) is 0 Å². The minimum absolute atomic E-state index is 0.0709. The van der Waals surface area contributed by atoms with Gasteiger partial charge in [-0.2, -0.15) is 0 Å². The molecule has 31 unspecified atom stereocenters. The van der Waals surface area contributed by atoms with Crippen LogP contribution in [-0.2, 0) is 52.2 Å². The fourth-order valence-electron chi connectivity index (χ4n) is 17.1. The highest BCUT2D eigenvalue weighted by atomic mass is 16.8. The van der Waals surface area contributed by atoms with E-state index in [4.69, 9.17) is 47.4 Å². The Kier molecular flexibility index (Phi) is 17.6. The molecule has 9 fully saturated rings. The van der Waals surface area contributed by atoms with E-state index >= 15 is 0 Å². The summed E-state index contributed by atoms with van der Waals surface area (Å²) in [6, 6.07) is 0. The summed E-state index contributed by atoms with van der Waals surface area (Å²) in [6.07, 6.45) is -28.1. The van der Waals surface area contributed by atoms with Crippen molar-refractivity contribution in [3.8, 4) is 0 Å². The van der Waals surface area contributed by atoms with Gasteiger partial charge in [0, 0.05) is 5.92 Å². The van der Waals surface area contributed by atoms with Gasteiger partial charge in [0.1, 0.15) is 97.7 Å². The molecule has 31 atom stereocenters. The third-order valence-electron chi connectivity index (χ3n) is 22.1. The number of hydrogen-bond acceptors (Lipinski definition) is 23. The second-order valence-corrected chi connectivity index (χ2v) is 26.7. The van der Waals surface area contributed by atoms with Gasteiger partial charge in [0.15, 0.2) is 31.5 Å². The predicted molar refractivity (Wildman–Crippen MR) is 276 cm³/mol. The average Bonchev–Trinajstić information content (AvgIpc) is 3.60. The second-order valence-electron chi connectivity index (χ2n) is 26.7. The standard InChI is InChI=1S/C57H90O24/c1-23-11-16-57(52(70)71)18-17-55(7)26(27(57)19-23)9-10-32-54(6)14-13-33(53(4,5)31(54)12-15-56(32,55)8)77-48-42(69)44(29(60)22-73-48)79-51-46(81-49-39(66)36(63)34(61)24(2)74-49)41(68)45(30(20-58)76-51)80-50-40(67)37(64)43(25(3)75-50)78-47-38(65)35(62)28(59)21-72-47/h9,24-25,27-51,58-69H,1,10-22H2,2-8H3,(H,70,71). The number of aliphatic hydroxyl groups excluding tert-OH is 12. The molecule has 10 rings (SSSR count). The first kappa shape index (κ1) is 62.1. The van der Waals surface area contributed by atoms with E-state index in [9.17, 15) is 71.2 Å². The molecule has 462 valence electrons. The van der Waals surface area contributed by atoms with Crippen molar-refractivity contribution in [2.75, 3.05) is 19.8 Å². The van der Waals surface area contributed by atoms with Crippen LogP contribution in [0.15, 0.2) is 23.8 Å². The summed E-state index contributed by atoms with van der Waals surface area (Å²) in [5.41, 5.74) is 0.774. The maximum absolute atomic E-state index is 13.1. The lowest BCUT2D eigenvalue weighted by molar-refractivity contribution is -0.402. The van der Waals surface area contributed by atoms with Crippen molar-refractivity contribution in [2.45, 2.75) is 260 Å². The van der Waals surface area contributed by atoms with Crippen LogP contribution in [0.4, 0.5) is 0 Å². The van der Waals surface area contributed by atoms with Gasteiger partial charge in [0.25, 0.3) is 0 Å². The first-order chi connectivity index (χ1) is 38.0. The summed E-state index contributed by atoms with van der Waals surface area (Å²) in [6.45, 7) is 17.1. The molecule has 24 nitrogen and oxygen atoms in total. The minimum atomic E-state index is -1.99. The van der Waals surface area contributed by atoms with E-state index < -0.39 is 177 Å². The van der Waals surface area contributed by atoms with Crippen LogP contribution in [0.5, 0.6) is 0 Å². The Balaban J connectivity index is 0.848. The molecule has 0 radical (unpaired) electrons. The Morgan fingerprint density at radius 3 is 1.88 bits per heavy atom. The molecule has 0 bridgehead atoms. The average molecular weight is 1160 g/mol. The van der Waals surface area contributed by atoms with Gasteiger partial charge in [-0.1, -0.05) is 58.4 Å². The van der Waals surface area contributed by atoms with Crippen molar-refractivity contribution in [1.29, 1.82) is 0 Å². The summed E-state index contributed by atoms with van der Waals surface area (Å²) >= 11 is 0. The van der Waals surface area contributed by atoms with Crippen LogP contribution in [0.1, 0.15) is 113 Å². The molecule has 13 N–H and O–H groups in total. The Morgan fingerprint density at radius 2 is 1.20 bits per heavy atom. The van der Waals surface area contributed by atoms with Crippen molar-refractivity contribution in [1.82, 2.24) is 0 Å². The van der Waals surface area contributed by atoms with Crippen LogP contribution in [0, 0.1) is 44.8 Å². The number of ether oxygens (including phenoxy) is 10. The molecular weight excluding hydrogens is 1070 g/mol. The maximum atomic E-state index is 13.1. The number of fused-ring (bicyclic) bond motifs is 7. The van der Waals surface area contributed by atoms with E-state index in [-0.39, 0.29) is 34.7 Å². The van der Waals surface area contributed by atoms with E-state index in [1.54, 1.807) is 0 Å². The van der Waals surface area contributed by atoms with Gasteiger partial charge in [-0.25, -0.2) is 0 Å². The van der Waals surface area contributed by atoms with Crippen LogP contribution in [0.25, 0.3) is 0 Å². The normalized spacial score (nSPS) is 54.7.